The summed E-state index contributed by atoms with van der Waals surface area (Å²) in [6.07, 6.45) is 1.56. The minimum absolute atomic E-state index is 0.141. The van der Waals surface area contributed by atoms with Crippen molar-refractivity contribution in [1.82, 2.24) is 0 Å². The van der Waals surface area contributed by atoms with E-state index in [1.165, 1.54) is 14.0 Å². The number of methoxy groups -OCH3 is 1. The van der Waals surface area contributed by atoms with Crippen LogP contribution >= 0.6 is 11.6 Å². The summed E-state index contributed by atoms with van der Waals surface area (Å²) in [4.78, 5) is 27.4. The molecule has 0 fully saturated rings. The third-order valence-corrected chi connectivity index (χ3v) is 3.67. The first-order valence-electron chi connectivity index (χ1n) is 7.61. The van der Waals surface area contributed by atoms with Gasteiger partial charge in [0, 0.05) is 17.5 Å². The first kappa shape index (κ1) is 17.7. The van der Waals surface area contributed by atoms with E-state index in [4.69, 9.17) is 25.8 Å². The Labute approximate surface area is 154 Å². The van der Waals surface area contributed by atoms with Crippen LogP contribution in [0.25, 0.3) is 6.08 Å². The minimum Gasteiger partial charge on any atom is -0.493 e. The van der Waals surface area contributed by atoms with Gasteiger partial charge in [0.15, 0.2) is 17.2 Å². The molecule has 0 saturated heterocycles. The number of halogens is 1. The Morgan fingerprint density at radius 3 is 2.69 bits per heavy atom. The van der Waals surface area contributed by atoms with Crippen LogP contribution in [0.2, 0.25) is 5.02 Å². The van der Waals surface area contributed by atoms with Crippen molar-refractivity contribution < 1.29 is 23.8 Å². The Kier molecular flexibility index (Phi) is 5.04. The normalized spacial score (nSPS) is 14.8. The second-order valence-electron chi connectivity index (χ2n) is 5.35. The summed E-state index contributed by atoms with van der Waals surface area (Å²) in [5, 5.41) is 0.518. The molecule has 0 N–H and O–H groups in total. The van der Waals surface area contributed by atoms with Gasteiger partial charge in [-0.05, 0) is 42.0 Å². The highest BCUT2D eigenvalue weighted by Crippen LogP contribution is 2.30. The number of ether oxygens (including phenoxy) is 3. The van der Waals surface area contributed by atoms with Gasteiger partial charge in [-0.25, -0.2) is 9.79 Å². The van der Waals surface area contributed by atoms with Gasteiger partial charge in [-0.3, -0.25) is 4.79 Å². The van der Waals surface area contributed by atoms with Crippen molar-refractivity contribution >= 4 is 35.5 Å². The van der Waals surface area contributed by atoms with Crippen LogP contribution in [-0.2, 0) is 14.3 Å². The first-order chi connectivity index (χ1) is 12.5. The molecule has 1 aliphatic rings. The van der Waals surface area contributed by atoms with Crippen LogP contribution < -0.4 is 9.47 Å². The van der Waals surface area contributed by atoms with Crippen molar-refractivity contribution in [1.29, 1.82) is 0 Å². The fraction of sp³-hybridized carbons (Fsp3) is 0.105. The van der Waals surface area contributed by atoms with Gasteiger partial charge >= 0.3 is 11.9 Å². The van der Waals surface area contributed by atoms with E-state index in [0.29, 0.717) is 27.6 Å². The van der Waals surface area contributed by atoms with Crippen LogP contribution in [0.3, 0.4) is 0 Å². The van der Waals surface area contributed by atoms with Gasteiger partial charge in [0.05, 0.1) is 7.11 Å². The van der Waals surface area contributed by atoms with E-state index in [1.807, 2.05) is 0 Å². The van der Waals surface area contributed by atoms with E-state index in [2.05, 4.69) is 4.99 Å². The molecule has 26 heavy (non-hydrogen) atoms. The molecular formula is C19H14ClNO5. The number of carbonyl (C=O) groups is 2. The second kappa shape index (κ2) is 7.41. The largest absolute Gasteiger partial charge is 0.493 e. The lowest BCUT2D eigenvalue weighted by molar-refractivity contribution is -0.132. The number of carbonyl (C=O) groups excluding carboxylic acids is 2. The molecule has 0 aliphatic carbocycles. The summed E-state index contributed by atoms with van der Waals surface area (Å²) in [6, 6.07) is 11.8. The molecule has 132 valence electrons. The number of nitrogens with zero attached hydrogens (tertiary/aromatic N) is 1. The molecule has 7 heteroatoms. The quantitative estimate of drug-likeness (QED) is 0.466. The van der Waals surface area contributed by atoms with Gasteiger partial charge < -0.3 is 14.2 Å². The van der Waals surface area contributed by atoms with Crippen molar-refractivity contribution in [3.05, 3.63) is 64.3 Å². The van der Waals surface area contributed by atoms with Gasteiger partial charge in [0.25, 0.3) is 0 Å². The zero-order valence-corrected chi connectivity index (χ0v) is 14.7. The SMILES string of the molecule is COc1cc(/C=C2\N=C(c3cccc(Cl)c3)OC2=O)ccc1OC(C)=O. The van der Waals surface area contributed by atoms with Gasteiger partial charge in [-0.2, -0.15) is 0 Å². The summed E-state index contributed by atoms with van der Waals surface area (Å²) in [6.45, 7) is 1.30. The third-order valence-electron chi connectivity index (χ3n) is 3.44. The molecule has 0 amide bonds. The van der Waals surface area contributed by atoms with Crippen molar-refractivity contribution in [3.63, 3.8) is 0 Å². The summed E-state index contributed by atoms with van der Waals surface area (Å²) in [7, 11) is 1.46. The molecule has 0 atom stereocenters. The minimum atomic E-state index is -0.567. The Hall–Kier alpha value is -3.12. The third kappa shape index (κ3) is 3.92. The first-order valence-corrected chi connectivity index (χ1v) is 7.99. The van der Waals surface area contributed by atoms with E-state index in [9.17, 15) is 9.59 Å². The summed E-state index contributed by atoms with van der Waals surface area (Å²) < 4.78 is 15.5. The van der Waals surface area contributed by atoms with E-state index >= 15 is 0 Å². The fourth-order valence-corrected chi connectivity index (χ4v) is 2.52. The van der Waals surface area contributed by atoms with Gasteiger partial charge in [-0.15, -0.1) is 0 Å². The van der Waals surface area contributed by atoms with Crippen LogP contribution in [0.15, 0.2) is 53.2 Å². The lowest BCUT2D eigenvalue weighted by atomic mass is 10.1. The average molecular weight is 372 g/mol. The Morgan fingerprint density at radius 2 is 2.00 bits per heavy atom. The maximum atomic E-state index is 12.1. The molecule has 2 aromatic carbocycles. The maximum absolute atomic E-state index is 12.1. The van der Waals surface area contributed by atoms with E-state index in [-0.39, 0.29) is 11.6 Å². The Bertz CT molecular complexity index is 949. The van der Waals surface area contributed by atoms with Crippen molar-refractivity contribution in [2.75, 3.05) is 7.11 Å². The molecule has 0 radical (unpaired) electrons. The van der Waals surface area contributed by atoms with Crippen LogP contribution in [0.1, 0.15) is 18.1 Å². The fourth-order valence-electron chi connectivity index (χ4n) is 2.33. The van der Waals surface area contributed by atoms with Crippen LogP contribution in [0.4, 0.5) is 0 Å². The van der Waals surface area contributed by atoms with Crippen LogP contribution in [0.5, 0.6) is 11.5 Å². The molecule has 0 saturated carbocycles. The van der Waals surface area contributed by atoms with Crippen molar-refractivity contribution in [3.8, 4) is 11.5 Å². The van der Waals surface area contributed by atoms with E-state index in [0.717, 1.165) is 0 Å². The smallest absolute Gasteiger partial charge is 0.363 e. The molecule has 0 spiro atoms. The second-order valence-corrected chi connectivity index (χ2v) is 5.79. The number of rotatable bonds is 4. The van der Waals surface area contributed by atoms with E-state index in [1.54, 1.807) is 48.5 Å². The lowest BCUT2D eigenvalue weighted by Gasteiger charge is -2.08. The van der Waals surface area contributed by atoms with Crippen molar-refractivity contribution in [2.24, 2.45) is 4.99 Å². The highest BCUT2D eigenvalue weighted by molar-refractivity contribution is 6.31. The molecule has 3 rings (SSSR count). The van der Waals surface area contributed by atoms with Gasteiger partial charge in [0.1, 0.15) is 0 Å². The number of hydrogen-bond acceptors (Lipinski definition) is 6. The average Bonchev–Trinajstić information content (AvgIpc) is 2.96. The topological polar surface area (TPSA) is 74.2 Å². The Morgan fingerprint density at radius 1 is 1.19 bits per heavy atom. The van der Waals surface area contributed by atoms with Crippen LogP contribution in [-0.4, -0.2) is 24.9 Å². The molecule has 2 aromatic rings. The number of benzene rings is 2. The number of hydrogen-bond donors (Lipinski definition) is 0. The van der Waals surface area contributed by atoms with E-state index < -0.39 is 11.9 Å². The zero-order chi connectivity index (χ0) is 18.7. The molecule has 6 nitrogen and oxygen atoms in total. The molecule has 1 heterocycles. The number of cyclic esters (lactones) is 1. The molecule has 0 unspecified atom stereocenters. The lowest BCUT2D eigenvalue weighted by Crippen LogP contribution is -2.05. The Balaban J connectivity index is 1.92. The predicted octanol–water partition coefficient (Wildman–Crippen LogP) is 3.62. The summed E-state index contributed by atoms with van der Waals surface area (Å²) >= 11 is 5.95. The molecular weight excluding hydrogens is 358 g/mol. The van der Waals surface area contributed by atoms with Crippen LogP contribution in [0, 0.1) is 0 Å². The number of aliphatic imine (C=N–C) groups is 1. The summed E-state index contributed by atoms with van der Waals surface area (Å²) in [5.41, 5.74) is 1.39. The summed E-state index contributed by atoms with van der Waals surface area (Å²) in [5.74, 6) is -0.181. The van der Waals surface area contributed by atoms with Gasteiger partial charge in [-0.1, -0.05) is 23.7 Å². The molecule has 0 aromatic heterocycles. The van der Waals surface area contributed by atoms with Crippen molar-refractivity contribution in [2.45, 2.75) is 6.92 Å². The van der Waals surface area contributed by atoms with Gasteiger partial charge in [0.2, 0.25) is 5.90 Å². The highest BCUT2D eigenvalue weighted by Gasteiger charge is 2.24. The number of esters is 2. The molecule has 0 bridgehead atoms. The monoisotopic (exact) mass is 371 g/mol. The highest BCUT2D eigenvalue weighted by atomic mass is 35.5. The predicted molar refractivity (Wildman–Crippen MR) is 96.4 cm³/mol. The standard InChI is InChI=1S/C19H14ClNO5/c1-11(22)25-16-7-6-12(9-17(16)24-2)8-15-19(23)26-18(21-15)13-4-3-5-14(20)10-13/h3-10H,1-2H3/b15-8-. The molecule has 1 aliphatic heterocycles. The maximum Gasteiger partial charge on any atom is 0.363 e. The zero-order valence-electron chi connectivity index (χ0n) is 14.0.